The number of piperidine rings is 1. The molecule has 0 unspecified atom stereocenters. The Morgan fingerprint density at radius 3 is 2.58 bits per heavy atom. The third-order valence-corrected chi connectivity index (χ3v) is 6.24. The van der Waals surface area contributed by atoms with Crippen LogP contribution in [-0.2, 0) is 0 Å². The van der Waals surface area contributed by atoms with E-state index in [1.165, 1.54) is 13.2 Å². The van der Waals surface area contributed by atoms with Crippen LogP contribution in [0.2, 0.25) is 0 Å². The third-order valence-electron chi connectivity index (χ3n) is 6.24. The van der Waals surface area contributed by atoms with Crippen LogP contribution in [0.3, 0.4) is 0 Å². The first kappa shape index (κ1) is 21.0. The fourth-order valence-electron chi connectivity index (χ4n) is 4.43. The van der Waals surface area contributed by atoms with Gasteiger partial charge in [-0.05, 0) is 67.4 Å². The zero-order chi connectivity index (χ0) is 22.9. The van der Waals surface area contributed by atoms with Gasteiger partial charge in [0.2, 0.25) is 0 Å². The van der Waals surface area contributed by atoms with Crippen molar-refractivity contribution in [2.75, 3.05) is 25.1 Å². The van der Waals surface area contributed by atoms with E-state index in [0.717, 1.165) is 48.2 Å². The molecule has 0 amide bonds. The smallest absolute Gasteiger partial charge is 0.165 e. The highest BCUT2D eigenvalue weighted by molar-refractivity contribution is 5.91. The summed E-state index contributed by atoms with van der Waals surface area (Å²) in [6.07, 6.45) is 3.50. The summed E-state index contributed by atoms with van der Waals surface area (Å²) in [6.45, 7) is 1.86. The average Bonchev–Trinajstić information content (AvgIpc) is 3.23. The molecule has 33 heavy (non-hydrogen) atoms. The number of nitrogens with two attached hydrogens (primary N) is 1. The maximum atomic E-state index is 14.6. The van der Waals surface area contributed by atoms with E-state index in [4.69, 9.17) is 15.7 Å². The van der Waals surface area contributed by atoms with Crippen molar-refractivity contribution in [1.29, 1.82) is 5.26 Å². The monoisotopic (exact) mass is 441 g/mol. The Balaban J connectivity index is 1.66. The topological polar surface area (TPSA) is 80.1 Å². The number of ether oxygens (including phenoxy) is 1. The summed E-state index contributed by atoms with van der Waals surface area (Å²) in [5.41, 5.74) is 10.2. The van der Waals surface area contributed by atoms with Crippen molar-refractivity contribution in [2.24, 2.45) is 5.73 Å². The summed E-state index contributed by atoms with van der Waals surface area (Å²) < 4.78 is 21.6. The molecule has 2 aromatic heterocycles. The number of halogens is 1. The van der Waals surface area contributed by atoms with Gasteiger partial charge in [-0.25, -0.2) is 9.37 Å². The van der Waals surface area contributed by atoms with E-state index in [9.17, 15) is 4.39 Å². The van der Waals surface area contributed by atoms with E-state index in [0.29, 0.717) is 16.9 Å². The molecule has 7 heteroatoms. The highest BCUT2D eigenvalue weighted by atomic mass is 19.1. The highest BCUT2D eigenvalue weighted by Gasteiger charge is 2.19. The van der Waals surface area contributed by atoms with Gasteiger partial charge in [-0.3, -0.25) is 4.57 Å². The molecule has 2 N–H and O–H groups in total. The summed E-state index contributed by atoms with van der Waals surface area (Å²) >= 11 is 0. The Bertz CT molecular complexity index is 1350. The number of pyridine rings is 1. The molecule has 1 aliphatic rings. The van der Waals surface area contributed by atoms with Gasteiger partial charge in [-0.15, -0.1) is 0 Å². The predicted octanol–water partition coefficient (Wildman–Crippen LogP) is 4.64. The van der Waals surface area contributed by atoms with Crippen LogP contribution in [0.25, 0.3) is 28.0 Å². The Kier molecular flexibility index (Phi) is 5.45. The Labute approximate surface area is 191 Å². The lowest BCUT2D eigenvalue weighted by molar-refractivity contribution is 0.386. The number of fused-ring (bicyclic) bond motifs is 1. The minimum Gasteiger partial charge on any atom is -0.494 e. The number of anilines is 1. The molecule has 0 spiro atoms. The lowest BCUT2D eigenvalue weighted by atomic mass is 10.1. The first-order chi connectivity index (χ1) is 16.1. The number of aromatic nitrogens is 2. The molecular weight excluding hydrogens is 417 g/mol. The predicted molar refractivity (Wildman–Crippen MR) is 127 cm³/mol. The van der Waals surface area contributed by atoms with Gasteiger partial charge in [0.05, 0.1) is 23.9 Å². The molecule has 0 bridgehead atoms. The van der Waals surface area contributed by atoms with E-state index in [1.807, 2.05) is 10.6 Å². The van der Waals surface area contributed by atoms with Gasteiger partial charge < -0.3 is 15.4 Å². The van der Waals surface area contributed by atoms with Crippen molar-refractivity contribution < 1.29 is 9.13 Å². The van der Waals surface area contributed by atoms with Gasteiger partial charge in [0.1, 0.15) is 11.9 Å². The highest BCUT2D eigenvalue weighted by Crippen LogP contribution is 2.35. The fraction of sp³-hybridized carbons (Fsp3) is 0.231. The van der Waals surface area contributed by atoms with Gasteiger partial charge >= 0.3 is 0 Å². The first-order valence-corrected chi connectivity index (χ1v) is 10.9. The van der Waals surface area contributed by atoms with Crippen molar-refractivity contribution in [2.45, 2.75) is 18.9 Å². The van der Waals surface area contributed by atoms with Crippen LogP contribution in [0.4, 0.5) is 10.1 Å². The summed E-state index contributed by atoms with van der Waals surface area (Å²) in [6, 6.07) is 19.2. The molecule has 4 aromatic rings. The van der Waals surface area contributed by atoms with Crippen LogP contribution in [0.5, 0.6) is 5.75 Å². The molecule has 3 heterocycles. The van der Waals surface area contributed by atoms with Gasteiger partial charge in [0.15, 0.2) is 11.6 Å². The van der Waals surface area contributed by atoms with Crippen LogP contribution >= 0.6 is 0 Å². The van der Waals surface area contributed by atoms with Crippen LogP contribution in [0, 0.1) is 17.1 Å². The number of hydrogen-bond donors (Lipinski definition) is 1. The molecule has 6 nitrogen and oxygen atoms in total. The Morgan fingerprint density at radius 2 is 1.91 bits per heavy atom. The first-order valence-electron chi connectivity index (χ1n) is 10.9. The number of nitrogens with zero attached hydrogens (tertiary/aromatic N) is 4. The van der Waals surface area contributed by atoms with E-state index in [2.05, 4.69) is 40.2 Å². The molecule has 5 rings (SSSR count). The largest absolute Gasteiger partial charge is 0.494 e. The summed E-state index contributed by atoms with van der Waals surface area (Å²) in [4.78, 5) is 6.86. The molecule has 1 aliphatic heterocycles. The van der Waals surface area contributed by atoms with E-state index in [-0.39, 0.29) is 11.8 Å². The molecule has 2 aromatic carbocycles. The SMILES string of the molecule is COc1ccc(-c2cc3cc(N4CCC(N)CC4)ccc3n2-c2ccc(C#N)cn2)cc1F. The van der Waals surface area contributed by atoms with Gasteiger partial charge in [-0.1, -0.05) is 0 Å². The minimum absolute atomic E-state index is 0.198. The zero-order valence-corrected chi connectivity index (χ0v) is 18.3. The van der Waals surface area contributed by atoms with E-state index < -0.39 is 5.82 Å². The van der Waals surface area contributed by atoms with Gasteiger partial charge in [-0.2, -0.15) is 5.26 Å². The minimum atomic E-state index is -0.426. The standard InChI is InChI=1S/C26H24FN5O/c1-33-25-6-3-18(13-22(25)27)24-14-19-12-21(31-10-8-20(29)9-11-31)4-5-23(19)32(24)26-7-2-17(15-28)16-30-26/h2-7,12-14,16,20H,8-11,29H2,1H3. The van der Waals surface area contributed by atoms with Crippen LogP contribution < -0.4 is 15.4 Å². The van der Waals surface area contributed by atoms with Gasteiger partial charge in [0.25, 0.3) is 0 Å². The van der Waals surface area contributed by atoms with Crippen LogP contribution in [0.15, 0.2) is 60.8 Å². The second kappa shape index (κ2) is 8.57. The molecular formula is C26H24FN5O. The second-order valence-corrected chi connectivity index (χ2v) is 8.30. The number of benzene rings is 2. The summed E-state index contributed by atoms with van der Waals surface area (Å²) in [5.74, 6) is 0.431. The van der Waals surface area contributed by atoms with Crippen molar-refractivity contribution in [3.05, 3.63) is 72.2 Å². The molecule has 0 aliphatic carbocycles. The number of rotatable bonds is 4. The Morgan fingerprint density at radius 1 is 1.09 bits per heavy atom. The summed E-state index contributed by atoms with van der Waals surface area (Å²) in [7, 11) is 1.45. The lowest BCUT2D eigenvalue weighted by Crippen LogP contribution is -2.39. The van der Waals surface area contributed by atoms with Crippen molar-refractivity contribution in [3.8, 4) is 28.9 Å². The Hall–Kier alpha value is -3.89. The van der Waals surface area contributed by atoms with E-state index in [1.54, 1.807) is 24.4 Å². The molecule has 0 saturated carbocycles. The molecule has 0 radical (unpaired) electrons. The molecule has 1 fully saturated rings. The molecule has 0 atom stereocenters. The number of methoxy groups -OCH3 is 1. The maximum Gasteiger partial charge on any atom is 0.165 e. The fourth-order valence-corrected chi connectivity index (χ4v) is 4.43. The van der Waals surface area contributed by atoms with Crippen molar-refractivity contribution in [1.82, 2.24) is 9.55 Å². The maximum absolute atomic E-state index is 14.6. The lowest BCUT2D eigenvalue weighted by Gasteiger charge is -2.32. The summed E-state index contributed by atoms with van der Waals surface area (Å²) in [5, 5.41) is 10.2. The number of nitriles is 1. The zero-order valence-electron chi connectivity index (χ0n) is 18.3. The molecule has 166 valence electrons. The molecule has 1 saturated heterocycles. The van der Waals surface area contributed by atoms with Crippen LogP contribution in [-0.4, -0.2) is 35.8 Å². The van der Waals surface area contributed by atoms with E-state index >= 15 is 0 Å². The third kappa shape index (κ3) is 3.90. The van der Waals surface area contributed by atoms with Crippen LogP contribution in [0.1, 0.15) is 18.4 Å². The normalized spacial score (nSPS) is 14.4. The quantitative estimate of drug-likeness (QED) is 0.499. The second-order valence-electron chi connectivity index (χ2n) is 8.30. The van der Waals surface area contributed by atoms with Gasteiger partial charge in [0, 0.05) is 42.0 Å². The average molecular weight is 442 g/mol. The van der Waals surface area contributed by atoms with Crippen molar-refractivity contribution >= 4 is 16.6 Å². The number of hydrogen-bond acceptors (Lipinski definition) is 5. The van der Waals surface area contributed by atoms with Crippen molar-refractivity contribution in [3.63, 3.8) is 0 Å².